The molecule has 146 valence electrons. The summed E-state index contributed by atoms with van der Waals surface area (Å²) in [6.45, 7) is 0.740. The molecule has 1 aromatic heterocycles. The molecule has 1 aliphatic heterocycles. The lowest BCUT2D eigenvalue weighted by atomic mass is 10.2. The molecule has 27 heavy (non-hydrogen) atoms. The van der Waals surface area contributed by atoms with Crippen molar-refractivity contribution in [3.05, 3.63) is 41.8 Å². The van der Waals surface area contributed by atoms with E-state index in [1.165, 1.54) is 22.7 Å². The predicted octanol–water partition coefficient (Wildman–Crippen LogP) is 2.67. The van der Waals surface area contributed by atoms with Crippen LogP contribution in [0.4, 0.5) is 5.69 Å². The van der Waals surface area contributed by atoms with Gasteiger partial charge in [0.05, 0.1) is 11.8 Å². The summed E-state index contributed by atoms with van der Waals surface area (Å²) >= 11 is 1.17. The Morgan fingerprint density at radius 1 is 1.30 bits per heavy atom. The molecule has 1 atom stereocenters. The van der Waals surface area contributed by atoms with Gasteiger partial charge in [-0.3, -0.25) is 4.31 Å². The van der Waals surface area contributed by atoms with E-state index in [0.717, 1.165) is 12.8 Å². The molecule has 0 N–H and O–H groups in total. The number of carbonyl (C=O) groups excluding carboxylic acids is 1. The summed E-state index contributed by atoms with van der Waals surface area (Å²) in [7, 11) is -2.08. The number of sulfonamides is 1. The first-order valence-corrected chi connectivity index (χ1v) is 10.8. The minimum absolute atomic E-state index is 0.0194. The van der Waals surface area contributed by atoms with Crippen LogP contribution >= 0.6 is 11.3 Å². The maximum absolute atomic E-state index is 12.5. The fourth-order valence-corrected chi connectivity index (χ4v) is 4.94. The summed E-state index contributed by atoms with van der Waals surface area (Å²) in [4.78, 5) is 11.7. The molecule has 1 fully saturated rings. The van der Waals surface area contributed by atoms with Crippen LogP contribution in [0.2, 0.25) is 0 Å². The lowest BCUT2D eigenvalue weighted by Crippen LogP contribution is -2.25. The van der Waals surface area contributed by atoms with Crippen molar-refractivity contribution in [2.75, 3.05) is 31.2 Å². The van der Waals surface area contributed by atoms with Gasteiger partial charge in [-0.05, 0) is 48.6 Å². The van der Waals surface area contributed by atoms with E-state index >= 15 is 0 Å². The Bertz CT molecular complexity index is 842. The Kier molecular flexibility index (Phi) is 6.35. The van der Waals surface area contributed by atoms with Crippen molar-refractivity contribution < 1.29 is 27.4 Å². The van der Waals surface area contributed by atoms with E-state index in [1.807, 2.05) is 0 Å². The van der Waals surface area contributed by atoms with Gasteiger partial charge >= 0.3 is 5.97 Å². The molecule has 0 bridgehead atoms. The Balaban J connectivity index is 1.51. The van der Waals surface area contributed by atoms with Crippen molar-refractivity contribution in [1.82, 2.24) is 0 Å². The molecule has 0 saturated carbocycles. The van der Waals surface area contributed by atoms with Gasteiger partial charge in [0.25, 0.3) is 10.0 Å². The van der Waals surface area contributed by atoms with E-state index in [-0.39, 0.29) is 23.5 Å². The number of nitrogens with zero attached hydrogens (tertiary/aromatic N) is 1. The third kappa shape index (κ3) is 5.00. The molecular weight excluding hydrogens is 390 g/mol. The van der Waals surface area contributed by atoms with E-state index < -0.39 is 16.0 Å². The maximum Gasteiger partial charge on any atom is 0.344 e. The number of benzene rings is 1. The summed E-state index contributed by atoms with van der Waals surface area (Å²) in [5.41, 5.74) is 0.497. The molecule has 7 nitrogen and oxygen atoms in total. The fourth-order valence-electron chi connectivity index (χ4n) is 2.58. The van der Waals surface area contributed by atoms with Crippen LogP contribution in [-0.2, 0) is 24.3 Å². The summed E-state index contributed by atoms with van der Waals surface area (Å²) in [6, 6.07) is 9.74. The number of thiophene rings is 1. The molecule has 0 radical (unpaired) electrons. The molecule has 0 aliphatic carbocycles. The molecule has 1 aromatic carbocycles. The van der Waals surface area contributed by atoms with E-state index in [2.05, 4.69) is 0 Å². The second kappa shape index (κ2) is 8.73. The third-order valence-corrected chi connectivity index (χ3v) is 7.28. The minimum atomic E-state index is -3.58. The molecule has 2 heterocycles. The van der Waals surface area contributed by atoms with E-state index in [4.69, 9.17) is 14.2 Å². The van der Waals surface area contributed by atoms with E-state index in [1.54, 1.807) is 41.8 Å². The molecule has 1 unspecified atom stereocenters. The zero-order chi connectivity index (χ0) is 19.3. The van der Waals surface area contributed by atoms with Crippen molar-refractivity contribution >= 4 is 33.0 Å². The number of hydrogen-bond donors (Lipinski definition) is 0. The first kappa shape index (κ1) is 19.7. The molecule has 2 aromatic rings. The molecule has 1 saturated heterocycles. The predicted molar refractivity (Wildman–Crippen MR) is 102 cm³/mol. The van der Waals surface area contributed by atoms with Crippen LogP contribution in [0.3, 0.4) is 0 Å². The van der Waals surface area contributed by atoms with Gasteiger partial charge in [-0.1, -0.05) is 6.07 Å². The highest BCUT2D eigenvalue weighted by Gasteiger charge is 2.22. The Hall–Kier alpha value is -2.10. The number of rotatable bonds is 8. The number of ether oxygens (including phenoxy) is 3. The summed E-state index contributed by atoms with van der Waals surface area (Å²) in [6.07, 6.45) is 1.87. The first-order valence-electron chi connectivity index (χ1n) is 8.49. The van der Waals surface area contributed by atoms with Gasteiger partial charge in [0.2, 0.25) is 0 Å². The lowest BCUT2D eigenvalue weighted by Gasteiger charge is -2.18. The van der Waals surface area contributed by atoms with Gasteiger partial charge in [-0.2, -0.15) is 0 Å². The first-order chi connectivity index (χ1) is 13.0. The maximum atomic E-state index is 12.5. The van der Waals surface area contributed by atoms with Crippen LogP contribution in [0, 0.1) is 0 Å². The molecule has 3 rings (SSSR count). The van der Waals surface area contributed by atoms with Gasteiger partial charge in [0.15, 0.2) is 6.61 Å². The standard InChI is InChI=1S/C18H21NO6S2/c1-19(27(21,22)18-5-3-11-26-18)14-6-8-15(9-7-14)24-13-17(20)25-12-16-4-2-10-23-16/h3,5-9,11,16H,2,4,10,12-13H2,1H3. The van der Waals surface area contributed by atoms with Crippen molar-refractivity contribution in [3.63, 3.8) is 0 Å². The van der Waals surface area contributed by atoms with Crippen LogP contribution < -0.4 is 9.04 Å². The molecule has 0 spiro atoms. The Labute approximate surface area is 162 Å². The van der Waals surface area contributed by atoms with Crippen molar-refractivity contribution in [1.29, 1.82) is 0 Å². The van der Waals surface area contributed by atoms with Crippen LogP contribution in [0.15, 0.2) is 46.0 Å². The van der Waals surface area contributed by atoms with Crippen molar-refractivity contribution in [2.24, 2.45) is 0 Å². The van der Waals surface area contributed by atoms with Gasteiger partial charge in [0, 0.05) is 13.7 Å². The molecule has 9 heteroatoms. The van der Waals surface area contributed by atoms with Gasteiger partial charge < -0.3 is 14.2 Å². The largest absolute Gasteiger partial charge is 0.482 e. The Morgan fingerprint density at radius 2 is 2.07 bits per heavy atom. The van der Waals surface area contributed by atoms with Gasteiger partial charge in [0.1, 0.15) is 16.6 Å². The second-order valence-electron chi connectivity index (χ2n) is 6.01. The minimum Gasteiger partial charge on any atom is -0.482 e. The number of anilines is 1. The summed E-state index contributed by atoms with van der Waals surface area (Å²) in [5, 5.41) is 1.72. The van der Waals surface area contributed by atoms with Gasteiger partial charge in [-0.25, -0.2) is 13.2 Å². The van der Waals surface area contributed by atoms with Gasteiger partial charge in [-0.15, -0.1) is 11.3 Å². The van der Waals surface area contributed by atoms with Crippen LogP contribution in [-0.4, -0.2) is 47.4 Å². The average molecular weight is 412 g/mol. The van der Waals surface area contributed by atoms with Crippen molar-refractivity contribution in [3.8, 4) is 5.75 Å². The SMILES string of the molecule is CN(c1ccc(OCC(=O)OCC2CCCO2)cc1)S(=O)(=O)c1cccs1. The lowest BCUT2D eigenvalue weighted by molar-refractivity contribution is -0.149. The highest BCUT2D eigenvalue weighted by Crippen LogP contribution is 2.26. The average Bonchev–Trinajstić information content (AvgIpc) is 3.38. The fraction of sp³-hybridized carbons (Fsp3) is 0.389. The van der Waals surface area contributed by atoms with Crippen LogP contribution in [0.1, 0.15) is 12.8 Å². The second-order valence-corrected chi connectivity index (χ2v) is 9.15. The zero-order valence-corrected chi connectivity index (χ0v) is 16.5. The number of esters is 1. The number of carbonyl (C=O) groups is 1. The molecular formula is C18H21NO6S2. The molecule has 0 amide bonds. The number of hydrogen-bond acceptors (Lipinski definition) is 7. The summed E-state index contributed by atoms with van der Waals surface area (Å²) in [5.74, 6) is -0.0123. The van der Waals surface area contributed by atoms with Crippen LogP contribution in [0.5, 0.6) is 5.75 Å². The van der Waals surface area contributed by atoms with E-state index in [0.29, 0.717) is 18.0 Å². The van der Waals surface area contributed by atoms with Crippen molar-refractivity contribution in [2.45, 2.75) is 23.2 Å². The zero-order valence-electron chi connectivity index (χ0n) is 14.9. The topological polar surface area (TPSA) is 82.1 Å². The monoisotopic (exact) mass is 411 g/mol. The normalized spacial score (nSPS) is 16.9. The third-order valence-electron chi connectivity index (χ3n) is 4.12. The van der Waals surface area contributed by atoms with E-state index in [9.17, 15) is 13.2 Å². The Morgan fingerprint density at radius 3 is 2.70 bits per heavy atom. The highest BCUT2D eigenvalue weighted by atomic mass is 32.2. The molecule has 1 aliphatic rings. The van der Waals surface area contributed by atoms with Crippen LogP contribution in [0.25, 0.3) is 0 Å². The quantitative estimate of drug-likeness (QED) is 0.621. The summed E-state index contributed by atoms with van der Waals surface area (Å²) < 4.78 is 42.4. The highest BCUT2D eigenvalue weighted by molar-refractivity contribution is 7.94. The smallest absolute Gasteiger partial charge is 0.344 e.